The molecule has 3 aromatic rings. The molecule has 1 aliphatic rings. The molecule has 1 aliphatic heterocycles. The van der Waals surface area contributed by atoms with Gasteiger partial charge in [-0.1, -0.05) is 36.4 Å². The summed E-state index contributed by atoms with van der Waals surface area (Å²) in [6.45, 7) is 8.02. The Bertz CT molecular complexity index is 976. The molecule has 4 rings (SSSR count). The molecule has 6 nitrogen and oxygen atoms in total. The predicted octanol–water partition coefficient (Wildman–Crippen LogP) is 4.54. The highest BCUT2D eigenvalue weighted by Gasteiger charge is 2.16. The molecule has 2 aromatic carbocycles. The molecule has 0 radical (unpaired) electrons. The van der Waals surface area contributed by atoms with E-state index in [9.17, 15) is 0 Å². The first kappa shape index (κ1) is 19.1. The number of anilines is 2. The Labute approximate surface area is 171 Å². The predicted molar refractivity (Wildman–Crippen MR) is 114 cm³/mol. The number of aromatic nitrogens is 2. The zero-order valence-electron chi connectivity index (χ0n) is 17.1. The van der Waals surface area contributed by atoms with Crippen molar-refractivity contribution in [3.63, 3.8) is 0 Å². The summed E-state index contributed by atoms with van der Waals surface area (Å²) in [5.41, 5.74) is 2.37. The molecule has 0 saturated carbocycles. The summed E-state index contributed by atoms with van der Waals surface area (Å²) in [6.07, 6.45) is 0. The van der Waals surface area contributed by atoms with Gasteiger partial charge in [0.2, 0.25) is 6.79 Å². The summed E-state index contributed by atoms with van der Waals surface area (Å²) >= 11 is 0. The first-order valence-corrected chi connectivity index (χ1v) is 9.87. The summed E-state index contributed by atoms with van der Waals surface area (Å²) < 4.78 is 10.8. The number of benzene rings is 2. The second kappa shape index (κ2) is 8.39. The molecule has 150 valence electrons. The van der Waals surface area contributed by atoms with Gasteiger partial charge in [0, 0.05) is 25.2 Å². The Morgan fingerprint density at radius 3 is 2.55 bits per heavy atom. The van der Waals surface area contributed by atoms with Gasteiger partial charge in [0.25, 0.3) is 0 Å². The van der Waals surface area contributed by atoms with Crippen LogP contribution in [0.2, 0.25) is 0 Å². The molecule has 0 fully saturated rings. The molecular weight excluding hydrogens is 364 g/mol. The van der Waals surface area contributed by atoms with E-state index in [2.05, 4.69) is 53.3 Å². The van der Waals surface area contributed by atoms with Crippen LogP contribution in [0, 0.1) is 6.92 Å². The highest BCUT2D eigenvalue weighted by atomic mass is 16.7. The molecule has 0 aliphatic carbocycles. The van der Waals surface area contributed by atoms with Gasteiger partial charge in [-0.2, -0.15) is 0 Å². The standard InChI is InChI=1S/C23H26N4O2/c1-16(2)27(14-18-7-5-4-6-8-18)23-12-22(25-17(3)26-23)24-13-19-9-10-20-21(11-19)29-15-28-20/h4-12,16H,13-15H2,1-3H3,(H,24,25,26). The van der Waals surface area contributed by atoms with Gasteiger partial charge in [-0.3, -0.25) is 0 Å². The topological polar surface area (TPSA) is 59.5 Å². The maximum absolute atomic E-state index is 5.46. The fourth-order valence-corrected chi connectivity index (χ4v) is 3.34. The quantitative estimate of drug-likeness (QED) is 0.639. The number of rotatable bonds is 7. The van der Waals surface area contributed by atoms with Crippen LogP contribution in [0.4, 0.5) is 11.6 Å². The highest BCUT2D eigenvalue weighted by molar-refractivity contribution is 5.51. The van der Waals surface area contributed by atoms with E-state index in [1.54, 1.807) is 0 Å². The number of fused-ring (bicyclic) bond motifs is 1. The first-order chi connectivity index (χ1) is 14.1. The third kappa shape index (κ3) is 4.59. The Kier molecular flexibility index (Phi) is 5.51. The molecule has 6 heteroatoms. The molecule has 0 saturated heterocycles. The normalized spacial score (nSPS) is 12.3. The molecule has 29 heavy (non-hydrogen) atoms. The first-order valence-electron chi connectivity index (χ1n) is 9.87. The van der Waals surface area contributed by atoms with Crippen LogP contribution in [0.1, 0.15) is 30.8 Å². The number of aryl methyl sites for hydroxylation is 1. The molecule has 0 spiro atoms. The van der Waals surface area contributed by atoms with Gasteiger partial charge in [-0.15, -0.1) is 0 Å². The van der Waals surface area contributed by atoms with Crippen molar-refractivity contribution in [2.45, 2.75) is 39.9 Å². The Balaban J connectivity index is 1.51. The van der Waals surface area contributed by atoms with Crippen LogP contribution in [0.15, 0.2) is 54.6 Å². The van der Waals surface area contributed by atoms with Crippen molar-refractivity contribution in [2.24, 2.45) is 0 Å². The van der Waals surface area contributed by atoms with E-state index in [-0.39, 0.29) is 6.79 Å². The van der Waals surface area contributed by atoms with Crippen LogP contribution < -0.4 is 19.7 Å². The monoisotopic (exact) mass is 390 g/mol. The van der Waals surface area contributed by atoms with Gasteiger partial charge in [0.1, 0.15) is 17.5 Å². The molecule has 0 unspecified atom stereocenters. The second-order valence-electron chi connectivity index (χ2n) is 7.41. The third-order valence-corrected chi connectivity index (χ3v) is 4.85. The molecule has 0 atom stereocenters. The maximum Gasteiger partial charge on any atom is 0.231 e. The van der Waals surface area contributed by atoms with E-state index in [0.29, 0.717) is 12.6 Å². The number of hydrogen-bond donors (Lipinski definition) is 1. The second-order valence-corrected chi connectivity index (χ2v) is 7.41. The van der Waals surface area contributed by atoms with Gasteiger partial charge in [0.15, 0.2) is 11.5 Å². The summed E-state index contributed by atoms with van der Waals surface area (Å²) in [5.74, 6) is 4.06. The molecule has 1 aromatic heterocycles. The van der Waals surface area contributed by atoms with E-state index in [4.69, 9.17) is 14.5 Å². The number of ether oxygens (including phenoxy) is 2. The number of nitrogens with one attached hydrogen (secondary N) is 1. The van der Waals surface area contributed by atoms with Crippen molar-refractivity contribution >= 4 is 11.6 Å². The van der Waals surface area contributed by atoms with Crippen molar-refractivity contribution in [3.8, 4) is 11.5 Å². The summed E-state index contributed by atoms with van der Waals surface area (Å²) in [5, 5.41) is 3.42. The smallest absolute Gasteiger partial charge is 0.231 e. The summed E-state index contributed by atoms with van der Waals surface area (Å²) in [4.78, 5) is 11.5. The SMILES string of the molecule is Cc1nc(NCc2ccc3c(c2)OCO3)cc(N(Cc2ccccc2)C(C)C)n1. The Hall–Kier alpha value is -3.28. The van der Waals surface area contributed by atoms with Crippen molar-refractivity contribution in [2.75, 3.05) is 17.0 Å². The van der Waals surface area contributed by atoms with Crippen LogP contribution in [-0.2, 0) is 13.1 Å². The van der Waals surface area contributed by atoms with E-state index in [1.165, 1.54) is 5.56 Å². The largest absolute Gasteiger partial charge is 0.454 e. The minimum Gasteiger partial charge on any atom is -0.454 e. The average Bonchev–Trinajstić information content (AvgIpc) is 3.18. The van der Waals surface area contributed by atoms with Gasteiger partial charge in [-0.25, -0.2) is 9.97 Å². The third-order valence-electron chi connectivity index (χ3n) is 4.85. The zero-order chi connectivity index (χ0) is 20.2. The Morgan fingerprint density at radius 2 is 1.76 bits per heavy atom. The number of nitrogens with zero attached hydrogens (tertiary/aromatic N) is 3. The maximum atomic E-state index is 5.46. The molecular formula is C23H26N4O2. The van der Waals surface area contributed by atoms with Crippen LogP contribution in [0.25, 0.3) is 0 Å². The van der Waals surface area contributed by atoms with E-state index in [0.717, 1.165) is 41.1 Å². The Morgan fingerprint density at radius 1 is 0.966 bits per heavy atom. The van der Waals surface area contributed by atoms with Gasteiger partial charge in [0.05, 0.1) is 0 Å². The minimum atomic E-state index is 0.285. The van der Waals surface area contributed by atoms with Crippen molar-refractivity contribution in [1.29, 1.82) is 0 Å². The van der Waals surface area contributed by atoms with Crippen molar-refractivity contribution in [1.82, 2.24) is 9.97 Å². The fraction of sp³-hybridized carbons (Fsp3) is 0.304. The van der Waals surface area contributed by atoms with Crippen LogP contribution in [0.3, 0.4) is 0 Å². The number of hydrogen-bond acceptors (Lipinski definition) is 6. The summed E-state index contributed by atoms with van der Waals surface area (Å²) in [6, 6.07) is 18.8. The van der Waals surface area contributed by atoms with E-state index in [1.807, 2.05) is 37.3 Å². The van der Waals surface area contributed by atoms with Gasteiger partial charge in [-0.05, 0) is 44.0 Å². The molecule has 2 heterocycles. The summed E-state index contributed by atoms with van der Waals surface area (Å²) in [7, 11) is 0. The van der Waals surface area contributed by atoms with E-state index < -0.39 is 0 Å². The lowest BCUT2D eigenvalue weighted by Gasteiger charge is -2.28. The van der Waals surface area contributed by atoms with Crippen LogP contribution in [-0.4, -0.2) is 22.8 Å². The van der Waals surface area contributed by atoms with Crippen LogP contribution >= 0.6 is 0 Å². The lowest BCUT2D eigenvalue weighted by atomic mass is 10.2. The van der Waals surface area contributed by atoms with E-state index >= 15 is 0 Å². The lowest BCUT2D eigenvalue weighted by Crippen LogP contribution is -2.31. The zero-order valence-corrected chi connectivity index (χ0v) is 17.1. The lowest BCUT2D eigenvalue weighted by molar-refractivity contribution is 0.174. The average molecular weight is 390 g/mol. The fourth-order valence-electron chi connectivity index (χ4n) is 3.34. The molecule has 0 amide bonds. The molecule has 0 bridgehead atoms. The minimum absolute atomic E-state index is 0.285. The van der Waals surface area contributed by atoms with Gasteiger partial charge >= 0.3 is 0 Å². The van der Waals surface area contributed by atoms with Crippen LogP contribution in [0.5, 0.6) is 11.5 Å². The van der Waals surface area contributed by atoms with Crippen molar-refractivity contribution in [3.05, 3.63) is 71.5 Å². The highest BCUT2D eigenvalue weighted by Crippen LogP contribution is 2.32. The van der Waals surface area contributed by atoms with Gasteiger partial charge < -0.3 is 19.7 Å². The molecule has 1 N–H and O–H groups in total. The van der Waals surface area contributed by atoms with Crippen molar-refractivity contribution < 1.29 is 9.47 Å².